The van der Waals surface area contributed by atoms with Crippen LogP contribution in [0.1, 0.15) is 17.0 Å². The highest BCUT2D eigenvalue weighted by atomic mass is 15.4. The molecule has 16 heavy (non-hydrogen) atoms. The van der Waals surface area contributed by atoms with Crippen molar-refractivity contribution in [1.29, 1.82) is 10.5 Å². The average Bonchev–Trinajstić information content (AvgIpc) is 2.72. The number of nitrogens with zero attached hydrogens (tertiary/aromatic N) is 5. The molecule has 0 N–H and O–H groups in total. The van der Waals surface area contributed by atoms with Gasteiger partial charge in [0.05, 0.1) is 0 Å². The SMILES string of the molecule is N#Cc1c(Cc2ccccc2)nnn1C#N. The molecule has 1 aromatic heterocycles. The molecule has 1 heterocycles. The summed E-state index contributed by atoms with van der Waals surface area (Å²) < 4.78 is 0.929. The maximum atomic E-state index is 8.90. The van der Waals surface area contributed by atoms with Crippen LogP contribution in [0.3, 0.4) is 0 Å². The third kappa shape index (κ3) is 1.75. The molecule has 0 amide bonds. The van der Waals surface area contributed by atoms with E-state index in [-0.39, 0.29) is 5.69 Å². The Kier molecular flexibility index (Phi) is 2.62. The topological polar surface area (TPSA) is 78.3 Å². The van der Waals surface area contributed by atoms with Gasteiger partial charge in [0.2, 0.25) is 6.19 Å². The van der Waals surface area contributed by atoms with Crippen molar-refractivity contribution >= 4 is 0 Å². The first-order valence-electron chi connectivity index (χ1n) is 4.64. The number of aromatic nitrogens is 3. The van der Waals surface area contributed by atoms with Crippen LogP contribution in [0.15, 0.2) is 30.3 Å². The predicted octanol–water partition coefficient (Wildman–Crippen LogP) is 1.07. The van der Waals surface area contributed by atoms with Gasteiger partial charge in [0, 0.05) is 6.42 Å². The van der Waals surface area contributed by atoms with Crippen LogP contribution in [-0.4, -0.2) is 15.0 Å². The molecule has 5 nitrogen and oxygen atoms in total. The molecule has 2 rings (SSSR count). The molecule has 5 heteroatoms. The fraction of sp³-hybridized carbons (Fsp3) is 0.0909. The van der Waals surface area contributed by atoms with Crippen LogP contribution in [0.25, 0.3) is 0 Å². The fourth-order valence-electron chi connectivity index (χ4n) is 1.40. The Bertz CT molecular complexity index is 571. The van der Waals surface area contributed by atoms with Gasteiger partial charge in [0.25, 0.3) is 0 Å². The molecule has 0 aliphatic rings. The largest absolute Gasteiger partial charge is 0.209 e. The average molecular weight is 209 g/mol. The molecule has 0 aliphatic carbocycles. The molecule has 0 atom stereocenters. The van der Waals surface area contributed by atoms with E-state index >= 15 is 0 Å². The first kappa shape index (κ1) is 9.88. The van der Waals surface area contributed by atoms with E-state index in [0.717, 1.165) is 10.2 Å². The smallest absolute Gasteiger partial charge is 0.191 e. The maximum absolute atomic E-state index is 8.90. The minimum atomic E-state index is 0.200. The van der Waals surface area contributed by atoms with Gasteiger partial charge in [-0.05, 0) is 5.56 Å². The highest BCUT2D eigenvalue weighted by molar-refractivity contribution is 5.32. The number of nitriles is 2. The van der Waals surface area contributed by atoms with Crippen LogP contribution in [0.5, 0.6) is 0 Å². The second kappa shape index (κ2) is 4.24. The second-order valence-electron chi connectivity index (χ2n) is 3.17. The van der Waals surface area contributed by atoms with Crippen LogP contribution >= 0.6 is 0 Å². The van der Waals surface area contributed by atoms with Gasteiger partial charge in [0.15, 0.2) is 5.69 Å². The second-order valence-corrected chi connectivity index (χ2v) is 3.17. The first-order valence-corrected chi connectivity index (χ1v) is 4.64. The lowest BCUT2D eigenvalue weighted by Gasteiger charge is -1.96. The summed E-state index contributed by atoms with van der Waals surface area (Å²) in [7, 11) is 0. The van der Waals surface area contributed by atoms with Crippen molar-refractivity contribution in [2.24, 2.45) is 0 Å². The summed E-state index contributed by atoms with van der Waals surface area (Å²) in [5, 5.41) is 25.0. The quantitative estimate of drug-likeness (QED) is 0.741. The molecule has 0 radical (unpaired) electrons. The van der Waals surface area contributed by atoms with E-state index in [1.807, 2.05) is 36.4 Å². The Labute approximate surface area is 92.2 Å². The van der Waals surface area contributed by atoms with Crippen molar-refractivity contribution in [3.05, 3.63) is 47.3 Å². The van der Waals surface area contributed by atoms with E-state index < -0.39 is 0 Å². The lowest BCUT2D eigenvalue weighted by Crippen LogP contribution is -1.96. The summed E-state index contributed by atoms with van der Waals surface area (Å²) in [6.45, 7) is 0. The standard InChI is InChI=1S/C11H7N5/c12-7-11-10(14-15-16(11)8-13)6-9-4-2-1-3-5-9/h1-5H,6H2. The van der Waals surface area contributed by atoms with Crippen LogP contribution in [0.2, 0.25) is 0 Å². The third-order valence-electron chi connectivity index (χ3n) is 2.16. The van der Waals surface area contributed by atoms with Crippen LogP contribution in [-0.2, 0) is 6.42 Å². The van der Waals surface area contributed by atoms with Crippen molar-refractivity contribution < 1.29 is 0 Å². The van der Waals surface area contributed by atoms with Gasteiger partial charge in [-0.3, -0.25) is 0 Å². The summed E-state index contributed by atoms with van der Waals surface area (Å²) in [5.74, 6) is 0. The van der Waals surface area contributed by atoms with Gasteiger partial charge in [-0.25, -0.2) is 0 Å². The summed E-state index contributed by atoms with van der Waals surface area (Å²) in [4.78, 5) is 0. The zero-order valence-electron chi connectivity index (χ0n) is 8.33. The Hall–Kier alpha value is -2.66. The molecular weight excluding hydrogens is 202 g/mol. The predicted molar refractivity (Wildman–Crippen MR) is 55.0 cm³/mol. The van der Waals surface area contributed by atoms with Gasteiger partial charge < -0.3 is 0 Å². The third-order valence-corrected chi connectivity index (χ3v) is 2.16. The van der Waals surface area contributed by atoms with E-state index in [1.165, 1.54) is 0 Å². The van der Waals surface area contributed by atoms with Crippen molar-refractivity contribution in [2.75, 3.05) is 0 Å². The highest BCUT2D eigenvalue weighted by Crippen LogP contribution is 2.10. The molecule has 0 unspecified atom stereocenters. The van der Waals surface area contributed by atoms with Gasteiger partial charge in [0.1, 0.15) is 11.8 Å². The fourth-order valence-corrected chi connectivity index (χ4v) is 1.40. The molecule has 2 aromatic rings. The van der Waals surface area contributed by atoms with Crippen LogP contribution in [0, 0.1) is 22.8 Å². The van der Waals surface area contributed by atoms with Gasteiger partial charge >= 0.3 is 0 Å². The van der Waals surface area contributed by atoms with E-state index in [4.69, 9.17) is 10.5 Å². The summed E-state index contributed by atoms with van der Waals surface area (Å²) >= 11 is 0. The van der Waals surface area contributed by atoms with Crippen molar-refractivity contribution in [3.63, 3.8) is 0 Å². The molecular formula is C11H7N5. The van der Waals surface area contributed by atoms with Crippen molar-refractivity contribution in [3.8, 4) is 12.3 Å². The maximum Gasteiger partial charge on any atom is 0.209 e. The Morgan fingerprint density at radius 1 is 1.19 bits per heavy atom. The molecule has 1 aromatic carbocycles. The minimum Gasteiger partial charge on any atom is -0.191 e. The van der Waals surface area contributed by atoms with Crippen LogP contribution < -0.4 is 0 Å². The van der Waals surface area contributed by atoms with Gasteiger partial charge in [-0.1, -0.05) is 35.5 Å². The summed E-state index contributed by atoms with van der Waals surface area (Å²) in [6.07, 6.45) is 2.28. The Morgan fingerprint density at radius 3 is 2.56 bits per heavy atom. The molecule has 0 saturated heterocycles. The molecule has 76 valence electrons. The molecule has 0 spiro atoms. The number of hydrogen-bond acceptors (Lipinski definition) is 4. The van der Waals surface area contributed by atoms with E-state index in [2.05, 4.69) is 10.3 Å². The zero-order chi connectivity index (χ0) is 11.4. The van der Waals surface area contributed by atoms with Gasteiger partial charge in [-0.2, -0.15) is 10.5 Å². The lowest BCUT2D eigenvalue weighted by atomic mass is 10.1. The monoisotopic (exact) mass is 209 g/mol. The number of benzene rings is 1. The summed E-state index contributed by atoms with van der Waals surface area (Å²) in [6, 6.07) is 11.5. The van der Waals surface area contributed by atoms with E-state index in [0.29, 0.717) is 12.1 Å². The molecule has 0 bridgehead atoms. The van der Waals surface area contributed by atoms with Crippen molar-refractivity contribution in [2.45, 2.75) is 6.42 Å². The van der Waals surface area contributed by atoms with Crippen molar-refractivity contribution in [1.82, 2.24) is 15.0 Å². The number of rotatable bonds is 2. The summed E-state index contributed by atoms with van der Waals surface area (Å²) in [5.41, 5.74) is 1.76. The van der Waals surface area contributed by atoms with E-state index in [9.17, 15) is 0 Å². The minimum absolute atomic E-state index is 0.200. The Balaban J connectivity index is 2.34. The lowest BCUT2D eigenvalue weighted by molar-refractivity contribution is 0.805. The molecule has 0 aliphatic heterocycles. The van der Waals surface area contributed by atoms with E-state index in [1.54, 1.807) is 6.19 Å². The molecule has 0 saturated carbocycles. The van der Waals surface area contributed by atoms with Gasteiger partial charge in [-0.15, -0.1) is 9.78 Å². The first-order chi connectivity index (χ1) is 7.85. The zero-order valence-corrected chi connectivity index (χ0v) is 8.33. The molecule has 0 fully saturated rings. The number of hydrogen-bond donors (Lipinski definition) is 0. The Morgan fingerprint density at radius 2 is 1.94 bits per heavy atom. The normalized spacial score (nSPS) is 9.38. The highest BCUT2D eigenvalue weighted by Gasteiger charge is 2.12. The van der Waals surface area contributed by atoms with Crippen LogP contribution in [0.4, 0.5) is 0 Å².